The van der Waals surface area contributed by atoms with Crippen LogP contribution in [0.5, 0.6) is 0 Å². The highest BCUT2D eigenvalue weighted by atomic mass is 35.5. The van der Waals surface area contributed by atoms with E-state index in [9.17, 15) is 16.4 Å². The number of halogens is 6. The third-order valence-corrected chi connectivity index (χ3v) is 10.8. The Morgan fingerprint density at radius 1 is 0.833 bits per heavy atom. The van der Waals surface area contributed by atoms with Crippen molar-refractivity contribution in [3.05, 3.63) is 0 Å². The van der Waals surface area contributed by atoms with E-state index in [1.165, 1.54) is 0 Å². The molecule has 0 bridgehead atoms. The molecule has 1 aliphatic heterocycles. The highest BCUT2D eigenvalue weighted by molar-refractivity contribution is 7.31. The summed E-state index contributed by atoms with van der Waals surface area (Å²) in [6.07, 6.45) is 0. The molecule has 1 aliphatic rings. The standard InChI is InChI=1S/C4H6Cl2F4Si2/c5-3-1-11(7,8)12(9,10)2-4(3)6/h3-4H,1-2H2/t3-,4+. The second kappa shape index (κ2) is 3.14. The molecule has 0 nitrogen and oxygen atoms in total. The molecule has 1 saturated heterocycles. The van der Waals surface area contributed by atoms with Gasteiger partial charge < -0.3 is 0 Å². The van der Waals surface area contributed by atoms with Crippen molar-refractivity contribution in [1.82, 2.24) is 0 Å². The Balaban J connectivity index is 2.80. The van der Waals surface area contributed by atoms with Gasteiger partial charge in [-0.1, -0.05) is 0 Å². The van der Waals surface area contributed by atoms with Gasteiger partial charge in [0, 0.05) is 12.1 Å². The van der Waals surface area contributed by atoms with Crippen molar-refractivity contribution in [2.75, 3.05) is 0 Å². The number of rotatable bonds is 0. The average Bonchev–Trinajstić information content (AvgIpc) is 1.82. The molecule has 72 valence electrons. The minimum Gasteiger partial charge on any atom is -0.268 e. The van der Waals surface area contributed by atoms with Gasteiger partial charge in [-0.15, -0.1) is 23.2 Å². The van der Waals surface area contributed by atoms with Gasteiger partial charge in [-0.25, -0.2) is 0 Å². The second-order valence-corrected chi connectivity index (χ2v) is 12.0. The SMILES string of the molecule is F[Si]1(F)C[C@@H](Cl)[C@@H](Cl)C[Si]1(F)F. The zero-order valence-electron chi connectivity index (χ0n) is 5.84. The average molecular weight is 257 g/mol. The maximum Gasteiger partial charge on any atom is 0.478 e. The Labute approximate surface area is 79.3 Å². The van der Waals surface area contributed by atoms with Crippen molar-refractivity contribution in [2.45, 2.75) is 22.8 Å². The molecule has 0 spiro atoms. The molecular formula is C4H6Cl2F4Si2. The van der Waals surface area contributed by atoms with E-state index in [-0.39, 0.29) is 0 Å². The molecule has 0 aliphatic carbocycles. The summed E-state index contributed by atoms with van der Waals surface area (Å²) in [5, 5.41) is -1.97. The fraction of sp³-hybridized carbons (Fsp3) is 1.00. The normalized spacial score (nSPS) is 39.5. The molecule has 1 heterocycles. The number of hydrogen-bond acceptors (Lipinski definition) is 0. The van der Waals surface area contributed by atoms with Crippen LogP contribution in [0, 0.1) is 0 Å². The molecule has 0 aromatic rings. The van der Waals surface area contributed by atoms with Crippen LogP contribution in [0.15, 0.2) is 0 Å². The fourth-order valence-corrected chi connectivity index (χ4v) is 8.72. The summed E-state index contributed by atoms with van der Waals surface area (Å²) in [5.74, 6) is 0. The summed E-state index contributed by atoms with van der Waals surface area (Å²) >= 11 is 10.8. The first-order valence-corrected chi connectivity index (χ1v) is 9.10. The molecule has 0 amide bonds. The van der Waals surface area contributed by atoms with E-state index < -0.39 is 39.4 Å². The largest absolute Gasteiger partial charge is 0.478 e. The summed E-state index contributed by atoms with van der Waals surface area (Å²) in [6, 6.07) is -1.72. The maximum absolute atomic E-state index is 12.7. The summed E-state index contributed by atoms with van der Waals surface area (Å²) in [4.78, 5) is 0. The molecular weight excluding hydrogens is 251 g/mol. The maximum atomic E-state index is 12.7. The van der Waals surface area contributed by atoms with E-state index >= 15 is 0 Å². The molecule has 1 fully saturated rings. The van der Waals surface area contributed by atoms with Crippen molar-refractivity contribution in [2.24, 2.45) is 0 Å². The first kappa shape index (κ1) is 10.8. The minimum atomic E-state index is -5.33. The molecule has 0 N–H and O–H groups in total. The molecule has 2 atom stereocenters. The minimum absolute atomic E-state index is 0.859. The van der Waals surface area contributed by atoms with Crippen molar-refractivity contribution < 1.29 is 16.4 Å². The van der Waals surface area contributed by atoms with Crippen LogP contribution in [-0.4, -0.2) is 27.3 Å². The molecule has 0 saturated carbocycles. The van der Waals surface area contributed by atoms with E-state index in [1.807, 2.05) is 0 Å². The van der Waals surface area contributed by atoms with Crippen molar-refractivity contribution in [1.29, 1.82) is 0 Å². The topological polar surface area (TPSA) is 0 Å². The molecule has 0 aromatic carbocycles. The molecule has 1 rings (SSSR count). The highest BCUT2D eigenvalue weighted by Gasteiger charge is 2.69. The quantitative estimate of drug-likeness (QED) is 0.271. The number of alkyl halides is 2. The zero-order chi connectivity index (χ0) is 9.57. The third-order valence-electron chi connectivity index (χ3n) is 1.83. The fourth-order valence-electron chi connectivity index (χ4n) is 1.04. The molecule has 8 heteroatoms. The Kier molecular flexibility index (Phi) is 2.83. The molecule has 0 radical (unpaired) electrons. The summed E-state index contributed by atoms with van der Waals surface area (Å²) < 4.78 is 50.9. The lowest BCUT2D eigenvalue weighted by atomic mass is 10.3. The van der Waals surface area contributed by atoms with Crippen LogP contribution in [0.1, 0.15) is 0 Å². The summed E-state index contributed by atoms with van der Waals surface area (Å²) in [7, 11) is -10.7. The van der Waals surface area contributed by atoms with Crippen LogP contribution in [0.25, 0.3) is 0 Å². The third kappa shape index (κ3) is 1.81. The second-order valence-electron chi connectivity index (χ2n) is 2.85. The predicted octanol–water partition coefficient (Wildman–Crippen LogP) is 3.06. The molecule has 0 aromatic heterocycles. The van der Waals surface area contributed by atoms with Crippen LogP contribution in [0.3, 0.4) is 0 Å². The Bertz CT molecular complexity index is 168. The van der Waals surface area contributed by atoms with Crippen LogP contribution in [0.4, 0.5) is 16.4 Å². The Morgan fingerprint density at radius 2 is 1.08 bits per heavy atom. The smallest absolute Gasteiger partial charge is 0.268 e. The molecule has 12 heavy (non-hydrogen) atoms. The lowest BCUT2D eigenvalue weighted by molar-refractivity contribution is 0.520. The molecule has 0 unspecified atom stereocenters. The van der Waals surface area contributed by atoms with Crippen LogP contribution >= 0.6 is 23.2 Å². The van der Waals surface area contributed by atoms with Crippen molar-refractivity contribution in [3.8, 4) is 0 Å². The van der Waals surface area contributed by atoms with Crippen LogP contribution in [-0.2, 0) is 0 Å². The lowest BCUT2D eigenvalue weighted by Gasteiger charge is -2.31. The van der Waals surface area contributed by atoms with Gasteiger partial charge in [-0.3, -0.25) is 16.4 Å². The monoisotopic (exact) mass is 256 g/mol. The first-order valence-electron chi connectivity index (χ1n) is 3.30. The Hall–Kier alpha value is 0.734. The van der Waals surface area contributed by atoms with Gasteiger partial charge >= 0.3 is 16.5 Å². The first-order chi connectivity index (χ1) is 5.26. The van der Waals surface area contributed by atoms with E-state index in [4.69, 9.17) is 23.2 Å². The van der Waals surface area contributed by atoms with Crippen LogP contribution < -0.4 is 0 Å². The van der Waals surface area contributed by atoms with E-state index in [0.29, 0.717) is 0 Å². The predicted molar refractivity (Wildman–Crippen MR) is 44.8 cm³/mol. The van der Waals surface area contributed by atoms with E-state index in [0.717, 1.165) is 0 Å². The van der Waals surface area contributed by atoms with E-state index in [2.05, 4.69) is 0 Å². The lowest BCUT2D eigenvalue weighted by Crippen LogP contribution is -2.58. The van der Waals surface area contributed by atoms with Gasteiger partial charge in [0.1, 0.15) is 0 Å². The van der Waals surface area contributed by atoms with Crippen LogP contribution in [0.2, 0.25) is 12.1 Å². The zero-order valence-corrected chi connectivity index (χ0v) is 9.35. The van der Waals surface area contributed by atoms with Gasteiger partial charge in [0.25, 0.3) is 0 Å². The van der Waals surface area contributed by atoms with Gasteiger partial charge in [-0.2, -0.15) is 0 Å². The number of hydrogen-bond donors (Lipinski definition) is 0. The van der Waals surface area contributed by atoms with E-state index in [1.54, 1.807) is 0 Å². The van der Waals surface area contributed by atoms with Crippen molar-refractivity contribution >= 4 is 39.7 Å². The summed E-state index contributed by atoms with van der Waals surface area (Å²) in [5.41, 5.74) is 0. The van der Waals surface area contributed by atoms with Gasteiger partial charge in [0.2, 0.25) is 0 Å². The summed E-state index contributed by atoms with van der Waals surface area (Å²) in [6.45, 7) is 0. The van der Waals surface area contributed by atoms with Crippen molar-refractivity contribution in [3.63, 3.8) is 0 Å². The highest BCUT2D eigenvalue weighted by Crippen LogP contribution is 2.43. The van der Waals surface area contributed by atoms with Gasteiger partial charge in [0.15, 0.2) is 0 Å². The Morgan fingerprint density at radius 3 is 1.33 bits per heavy atom. The van der Waals surface area contributed by atoms with Gasteiger partial charge in [-0.05, 0) is 0 Å². The van der Waals surface area contributed by atoms with Gasteiger partial charge in [0.05, 0.1) is 10.8 Å².